The number of nitrogens with zero attached hydrogens (tertiary/aromatic N) is 3. The molecule has 1 saturated heterocycles. The van der Waals surface area contributed by atoms with Crippen LogP contribution in [-0.2, 0) is 15.1 Å². The first-order valence-electron chi connectivity index (χ1n) is 9.85. The van der Waals surface area contributed by atoms with E-state index < -0.39 is 34.9 Å². The average Bonchev–Trinajstić information content (AvgIpc) is 3.02. The molecule has 32 heavy (non-hydrogen) atoms. The van der Waals surface area contributed by atoms with Crippen LogP contribution in [0.5, 0.6) is 0 Å². The highest BCUT2D eigenvalue weighted by Crippen LogP contribution is 2.31. The van der Waals surface area contributed by atoms with E-state index in [9.17, 15) is 24.5 Å². The molecular weight excluding hydrogens is 412 g/mol. The van der Waals surface area contributed by atoms with E-state index in [0.29, 0.717) is 11.3 Å². The van der Waals surface area contributed by atoms with E-state index in [0.717, 1.165) is 15.7 Å². The van der Waals surface area contributed by atoms with Crippen LogP contribution in [0.1, 0.15) is 12.5 Å². The monoisotopic (exact) mass is 432 g/mol. The summed E-state index contributed by atoms with van der Waals surface area (Å²) in [5.74, 6) is -1.03. The van der Waals surface area contributed by atoms with Gasteiger partial charge in [0.25, 0.3) is 11.6 Å². The topological polar surface area (TPSA) is 113 Å². The molecule has 9 nitrogen and oxygen atoms in total. The Morgan fingerprint density at radius 1 is 1.06 bits per heavy atom. The Labute approximate surface area is 183 Å². The molecule has 0 radical (unpaired) electrons. The Balaban J connectivity index is 1.54. The number of hydrogen-bond acceptors (Lipinski definition) is 5. The van der Waals surface area contributed by atoms with E-state index >= 15 is 0 Å². The van der Waals surface area contributed by atoms with Crippen LogP contribution in [0.15, 0.2) is 66.7 Å². The Bertz CT molecular complexity index is 1260. The first kappa shape index (κ1) is 21.0. The normalized spacial score (nSPS) is 18.0. The molecule has 3 aromatic rings. The molecule has 1 N–H and O–H groups in total. The van der Waals surface area contributed by atoms with E-state index in [2.05, 4.69) is 5.32 Å². The van der Waals surface area contributed by atoms with Crippen molar-refractivity contribution in [2.24, 2.45) is 0 Å². The van der Waals surface area contributed by atoms with Gasteiger partial charge in [-0.05, 0) is 41.5 Å². The van der Waals surface area contributed by atoms with Crippen molar-refractivity contribution < 1.29 is 19.3 Å². The molecule has 1 atom stereocenters. The number of carbonyl (C=O) groups excluding carboxylic acids is 3. The lowest BCUT2D eigenvalue weighted by Crippen LogP contribution is -2.43. The first-order chi connectivity index (χ1) is 15.2. The predicted octanol–water partition coefficient (Wildman–Crippen LogP) is 3.18. The Morgan fingerprint density at radius 3 is 2.38 bits per heavy atom. The van der Waals surface area contributed by atoms with E-state index in [1.807, 2.05) is 36.4 Å². The molecule has 9 heteroatoms. The van der Waals surface area contributed by atoms with Crippen molar-refractivity contribution in [2.75, 3.05) is 18.5 Å². The zero-order valence-corrected chi connectivity index (χ0v) is 17.4. The van der Waals surface area contributed by atoms with Gasteiger partial charge in [-0.15, -0.1) is 0 Å². The lowest BCUT2D eigenvalue weighted by molar-refractivity contribution is -0.384. The fourth-order valence-corrected chi connectivity index (χ4v) is 3.72. The van der Waals surface area contributed by atoms with Gasteiger partial charge in [0.1, 0.15) is 12.1 Å². The highest BCUT2D eigenvalue weighted by molar-refractivity contribution is 6.10. The molecule has 1 fully saturated rings. The maximum atomic E-state index is 13.2. The molecule has 0 aromatic heterocycles. The summed E-state index contributed by atoms with van der Waals surface area (Å²) in [6.45, 7) is 1.16. The second kappa shape index (κ2) is 7.77. The number of urea groups is 1. The molecule has 4 rings (SSSR count). The average molecular weight is 432 g/mol. The number of non-ortho nitro benzene ring substituents is 1. The summed E-state index contributed by atoms with van der Waals surface area (Å²) >= 11 is 0. The Kier molecular flexibility index (Phi) is 5.09. The van der Waals surface area contributed by atoms with E-state index in [1.165, 1.54) is 36.2 Å². The van der Waals surface area contributed by atoms with Crippen LogP contribution >= 0.6 is 0 Å². The molecule has 1 heterocycles. The van der Waals surface area contributed by atoms with E-state index in [-0.39, 0.29) is 5.69 Å². The summed E-state index contributed by atoms with van der Waals surface area (Å²) in [7, 11) is 1.48. The highest BCUT2D eigenvalue weighted by atomic mass is 16.6. The van der Waals surface area contributed by atoms with Gasteiger partial charge in [0.2, 0.25) is 5.91 Å². The number of rotatable bonds is 5. The Hall–Kier alpha value is -4.27. The maximum absolute atomic E-state index is 13.2. The van der Waals surface area contributed by atoms with Crippen molar-refractivity contribution >= 4 is 40.0 Å². The van der Waals surface area contributed by atoms with Gasteiger partial charge >= 0.3 is 6.03 Å². The summed E-state index contributed by atoms with van der Waals surface area (Å²) in [6, 6.07) is 18.0. The number of nitro groups is 1. The summed E-state index contributed by atoms with van der Waals surface area (Å²) < 4.78 is 0. The zero-order valence-electron chi connectivity index (χ0n) is 17.4. The molecule has 4 amide bonds. The molecule has 0 spiro atoms. The molecule has 162 valence electrons. The molecule has 0 saturated carbocycles. The van der Waals surface area contributed by atoms with E-state index in [4.69, 9.17) is 0 Å². The van der Waals surface area contributed by atoms with Crippen LogP contribution in [-0.4, -0.2) is 41.3 Å². The van der Waals surface area contributed by atoms with Crippen LogP contribution in [0, 0.1) is 10.1 Å². The van der Waals surface area contributed by atoms with Gasteiger partial charge in [-0.3, -0.25) is 24.6 Å². The van der Waals surface area contributed by atoms with Crippen molar-refractivity contribution in [1.29, 1.82) is 0 Å². The Morgan fingerprint density at radius 2 is 1.72 bits per heavy atom. The number of carbonyl (C=O) groups is 3. The molecular formula is C23H20N4O5. The van der Waals surface area contributed by atoms with Gasteiger partial charge < -0.3 is 10.2 Å². The number of imide groups is 1. The number of fused-ring (bicyclic) bond motifs is 1. The number of nitro benzene ring substituents is 1. The maximum Gasteiger partial charge on any atom is 0.325 e. The van der Waals surface area contributed by atoms with Crippen LogP contribution in [0.3, 0.4) is 0 Å². The number of anilines is 1. The first-order valence-corrected chi connectivity index (χ1v) is 9.85. The minimum atomic E-state index is -1.30. The van der Waals surface area contributed by atoms with Gasteiger partial charge in [-0.2, -0.15) is 0 Å². The smallest absolute Gasteiger partial charge is 0.319 e. The molecule has 1 aliphatic heterocycles. The lowest BCUT2D eigenvalue weighted by Gasteiger charge is -2.23. The van der Waals surface area contributed by atoms with Crippen LogP contribution in [0.4, 0.5) is 16.2 Å². The second-order valence-electron chi connectivity index (χ2n) is 7.73. The molecule has 3 aromatic carbocycles. The van der Waals surface area contributed by atoms with Crippen LogP contribution < -0.4 is 10.2 Å². The molecule has 0 aliphatic carbocycles. The summed E-state index contributed by atoms with van der Waals surface area (Å²) in [5, 5.41) is 15.5. The number of benzene rings is 3. The molecule has 0 bridgehead atoms. The third-order valence-corrected chi connectivity index (χ3v) is 5.72. The van der Waals surface area contributed by atoms with Crippen molar-refractivity contribution in [3.8, 4) is 0 Å². The molecule has 1 unspecified atom stereocenters. The lowest BCUT2D eigenvalue weighted by atomic mass is 9.90. The third-order valence-electron chi connectivity index (χ3n) is 5.72. The van der Waals surface area contributed by atoms with Crippen LogP contribution in [0.25, 0.3) is 10.8 Å². The number of hydrogen-bond donors (Lipinski definition) is 1. The fraction of sp³-hybridized carbons (Fsp3) is 0.174. The SMILES string of the molecule is CN(C(=O)CN1C(=O)NC(C)(c2ccc3ccccc3c2)C1=O)c1ccc([N+](=O)[O-])cc1. The zero-order chi connectivity index (χ0) is 23.0. The predicted molar refractivity (Wildman–Crippen MR) is 118 cm³/mol. The number of nitrogens with one attached hydrogen (secondary N) is 1. The van der Waals surface area contributed by atoms with Crippen LogP contribution in [0.2, 0.25) is 0 Å². The van der Waals surface area contributed by atoms with Crippen molar-refractivity contribution in [3.63, 3.8) is 0 Å². The summed E-state index contributed by atoms with van der Waals surface area (Å²) in [6.07, 6.45) is 0. The summed E-state index contributed by atoms with van der Waals surface area (Å²) in [5.41, 5.74) is -0.374. The largest absolute Gasteiger partial charge is 0.325 e. The van der Waals surface area contributed by atoms with Crippen molar-refractivity contribution in [2.45, 2.75) is 12.5 Å². The van der Waals surface area contributed by atoms with Gasteiger partial charge in [-0.1, -0.05) is 36.4 Å². The fourth-order valence-electron chi connectivity index (χ4n) is 3.72. The van der Waals surface area contributed by atoms with E-state index in [1.54, 1.807) is 13.0 Å². The second-order valence-corrected chi connectivity index (χ2v) is 7.73. The standard InChI is InChI=1S/C23H20N4O5/c1-23(17-8-7-15-5-3-4-6-16(15)13-17)21(29)26(22(30)24-23)14-20(28)25(2)18-9-11-19(12-10-18)27(31)32/h3-13H,14H2,1-2H3,(H,24,30). The molecule has 1 aliphatic rings. The third kappa shape index (κ3) is 3.53. The minimum absolute atomic E-state index is 0.102. The van der Waals surface area contributed by atoms with Gasteiger partial charge in [0.05, 0.1) is 4.92 Å². The number of likely N-dealkylation sites (N-methyl/N-ethyl adjacent to an activating group) is 1. The van der Waals surface area contributed by atoms with Gasteiger partial charge in [0, 0.05) is 24.9 Å². The summed E-state index contributed by atoms with van der Waals surface area (Å²) in [4.78, 5) is 50.9. The highest BCUT2D eigenvalue weighted by Gasteiger charge is 2.49. The number of amides is 4. The van der Waals surface area contributed by atoms with Gasteiger partial charge in [-0.25, -0.2) is 4.79 Å². The van der Waals surface area contributed by atoms with Crippen molar-refractivity contribution in [1.82, 2.24) is 10.2 Å². The van der Waals surface area contributed by atoms with Gasteiger partial charge in [0.15, 0.2) is 0 Å². The minimum Gasteiger partial charge on any atom is -0.319 e. The van der Waals surface area contributed by atoms with Crippen molar-refractivity contribution in [3.05, 3.63) is 82.4 Å². The quantitative estimate of drug-likeness (QED) is 0.378.